The number of unbranched alkanes of at least 4 members (excludes halogenated alkanes) is 2. The molecule has 0 amide bonds. The molecule has 1 heterocycles. The van der Waals surface area contributed by atoms with Crippen molar-refractivity contribution in [3.63, 3.8) is 0 Å². The second kappa shape index (κ2) is 5.50. The lowest BCUT2D eigenvalue weighted by Gasteiger charge is -2.05. The van der Waals surface area contributed by atoms with Crippen LogP contribution in [-0.2, 0) is 0 Å². The predicted molar refractivity (Wildman–Crippen MR) is 66.8 cm³/mol. The first-order valence-electron chi connectivity index (χ1n) is 5.88. The second-order valence-electron chi connectivity index (χ2n) is 3.93. The molecule has 0 radical (unpaired) electrons. The van der Waals surface area contributed by atoms with Gasteiger partial charge in [-0.3, -0.25) is 0 Å². The maximum absolute atomic E-state index is 5.61. The molecule has 0 atom stereocenters. The molecular formula is C14H17NO. The first-order chi connectivity index (χ1) is 7.90. The zero-order valence-corrected chi connectivity index (χ0v) is 9.65. The minimum absolute atomic E-state index is 0.731. The van der Waals surface area contributed by atoms with Gasteiger partial charge in [0.25, 0.3) is 0 Å². The van der Waals surface area contributed by atoms with Gasteiger partial charge in [-0.1, -0.05) is 44.0 Å². The third-order valence-corrected chi connectivity index (χ3v) is 2.60. The highest BCUT2D eigenvalue weighted by Gasteiger charge is 1.97. The summed E-state index contributed by atoms with van der Waals surface area (Å²) >= 11 is 0. The number of pyridine rings is 1. The van der Waals surface area contributed by atoms with Crippen LogP contribution in [0.4, 0.5) is 0 Å². The van der Waals surface area contributed by atoms with Gasteiger partial charge in [0.15, 0.2) is 0 Å². The lowest BCUT2D eigenvalue weighted by atomic mass is 10.2. The van der Waals surface area contributed by atoms with Crippen molar-refractivity contribution >= 4 is 10.8 Å². The van der Waals surface area contributed by atoms with Gasteiger partial charge >= 0.3 is 0 Å². The van der Waals surface area contributed by atoms with E-state index in [1.165, 1.54) is 18.2 Å². The summed E-state index contributed by atoms with van der Waals surface area (Å²) in [5.74, 6) is 0.731. The molecule has 0 unspecified atom stereocenters. The molecule has 0 saturated carbocycles. The zero-order valence-electron chi connectivity index (χ0n) is 9.65. The molecule has 0 saturated heterocycles. The van der Waals surface area contributed by atoms with Crippen molar-refractivity contribution in [1.29, 1.82) is 0 Å². The number of aromatic nitrogens is 1. The molecule has 2 nitrogen and oxygen atoms in total. The van der Waals surface area contributed by atoms with Gasteiger partial charge in [0.05, 0.1) is 6.61 Å². The maximum atomic E-state index is 5.61. The molecule has 0 aliphatic heterocycles. The first kappa shape index (κ1) is 10.9. The van der Waals surface area contributed by atoms with E-state index in [1.54, 1.807) is 0 Å². The second-order valence-corrected chi connectivity index (χ2v) is 3.93. The van der Waals surface area contributed by atoms with E-state index in [-0.39, 0.29) is 0 Å². The molecule has 0 N–H and O–H groups in total. The van der Waals surface area contributed by atoms with E-state index in [0.29, 0.717) is 0 Å². The van der Waals surface area contributed by atoms with E-state index in [0.717, 1.165) is 24.3 Å². The largest absolute Gasteiger partial charge is 0.478 e. The Kier molecular flexibility index (Phi) is 3.76. The normalized spacial score (nSPS) is 10.6. The van der Waals surface area contributed by atoms with E-state index in [1.807, 2.05) is 24.4 Å². The third-order valence-electron chi connectivity index (χ3n) is 2.60. The van der Waals surface area contributed by atoms with Crippen LogP contribution in [-0.4, -0.2) is 11.6 Å². The highest BCUT2D eigenvalue weighted by Crippen LogP contribution is 2.17. The van der Waals surface area contributed by atoms with Crippen molar-refractivity contribution in [2.24, 2.45) is 0 Å². The topological polar surface area (TPSA) is 22.1 Å². The van der Waals surface area contributed by atoms with Crippen molar-refractivity contribution in [2.75, 3.05) is 6.61 Å². The van der Waals surface area contributed by atoms with Crippen molar-refractivity contribution in [3.05, 3.63) is 36.5 Å². The Morgan fingerprint density at radius 1 is 1.12 bits per heavy atom. The quantitative estimate of drug-likeness (QED) is 0.708. The number of hydrogen-bond donors (Lipinski definition) is 0. The molecule has 2 aromatic rings. The van der Waals surface area contributed by atoms with Gasteiger partial charge < -0.3 is 4.74 Å². The van der Waals surface area contributed by atoms with E-state index in [9.17, 15) is 0 Å². The average Bonchev–Trinajstić information content (AvgIpc) is 2.34. The molecule has 1 aromatic heterocycles. The third kappa shape index (κ3) is 2.72. The standard InChI is InChI=1S/C14H17NO/c1-2-3-6-9-16-14-10-12-7-4-5-8-13(12)11-15-14/h4-5,7-8,10-11H,2-3,6,9H2,1H3. The molecule has 0 spiro atoms. The number of rotatable bonds is 5. The van der Waals surface area contributed by atoms with Crippen LogP contribution in [0.15, 0.2) is 36.5 Å². The monoisotopic (exact) mass is 215 g/mol. The molecule has 84 valence electrons. The van der Waals surface area contributed by atoms with Crippen molar-refractivity contribution in [3.8, 4) is 5.88 Å². The molecule has 1 aromatic carbocycles. The van der Waals surface area contributed by atoms with E-state index in [4.69, 9.17) is 4.74 Å². The number of hydrogen-bond acceptors (Lipinski definition) is 2. The van der Waals surface area contributed by atoms with E-state index >= 15 is 0 Å². The Morgan fingerprint density at radius 3 is 2.75 bits per heavy atom. The van der Waals surface area contributed by atoms with Gasteiger partial charge in [-0.05, 0) is 11.8 Å². The van der Waals surface area contributed by atoms with Crippen LogP contribution in [0.2, 0.25) is 0 Å². The molecule has 0 fully saturated rings. The van der Waals surface area contributed by atoms with Gasteiger partial charge in [0.2, 0.25) is 5.88 Å². The summed E-state index contributed by atoms with van der Waals surface area (Å²) in [5.41, 5.74) is 0. The van der Waals surface area contributed by atoms with E-state index in [2.05, 4.69) is 24.0 Å². The number of benzene rings is 1. The van der Waals surface area contributed by atoms with Crippen LogP contribution in [0, 0.1) is 0 Å². The summed E-state index contributed by atoms with van der Waals surface area (Å²) in [5, 5.41) is 2.34. The van der Waals surface area contributed by atoms with Crippen LogP contribution >= 0.6 is 0 Å². The van der Waals surface area contributed by atoms with Gasteiger partial charge in [0.1, 0.15) is 0 Å². The predicted octanol–water partition coefficient (Wildman–Crippen LogP) is 3.80. The molecule has 0 aliphatic rings. The summed E-state index contributed by atoms with van der Waals surface area (Å²) in [6, 6.07) is 10.2. The summed E-state index contributed by atoms with van der Waals surface area (Å²) in [7, 11) is 0. The molecule has 16 heavy (non-hydrogen) atoms. The summed E-state index contributed by atoms with van der Waals surface area (Å²) in [6.07, 6.45) is 5.40. The van der Waals surface area contributed by atoms with Crippen LogP contribution in [0.5, 0.6) is 5.88 Å². The van der Waals surface area contributed by atoms with Gasteiger partial charge in [-0.15, -0.1) is 0 Å². The summed E-state index contributed by atoms with van der Waals surface area (Å²) in [6.45, 7) is 2.95. The first-order valence-corrected chi connectivity index (χ1v) is 5.88. The minimum atomic E-state index is 0.731. The fourth-order valence-corrected chi connectivity index (χ4v) is 1.67. The lowest BCUT2D eigenvalue weighted by molar-refractivity contribution is 0.295. The smallest absolute Gasteiger partial charge is 0.213 e. The Labute approximate surface area is 96.3 Å². The van der Waals surface area contributed by atoms with E-state index < -0.39 is 0 Å². The molecular weight excluding hydrogens is 198 g/mol. The van der Waals surface area contributed by atoms with Gasteiger partial charge in [-0.25, -0.2) is 4.98 Å². The Morgan fingerprint density at radius 2 is 1.94 bits per heavy atom. The lowest BCUT2D eigenvalue weighted by Crippen LogP contribution is -1.98. The fraction of sp³-hybridized carbons (Fsp3) is 0.357. The Balaban J connectivity index is 2.02. The number of fused-ring (bicyclic) bond motifs is 1. The van der Waals surface area contributed by atoms with Crippen molar-refractivity contribution < 1.29 is 4.74 Å². The number of nitrogens with zero attached hydrogens (tertiary/aromatic N) is 1. The van der Waals surface area contributed by atoms with Crippen molar-refractivity contribution in [2.45, 2.75) is 26.2 Å². The average molecular weight is 215 g/mol. The fourth-order valence-electron chi connectivity index (χ4n) is 1.67. The SMILES string of the molecule is CCCCCOc1cc2ccccc2cn1. The zero-order chi connectivity index (χ0) is 11.2. The molecule has 0 bridgehead atoms. The molecule has 2 heteroatoms. The Bertz CT molecular complexity index is 453. The van der Waals surface area contributed by atoms with Crippen LogP contribution in [0.25, 0.3) is 10.8 Å². The molecule has 0 aliphatic carbocycles. The molecule has 2 rings (SSSR count). The van der Waals surface area contributed by atoms with Crippen LogP contribution in [0.1, 0.15) is 26.2 Å². The maximum Gasteiger partial charge on any atom is 0.213 e. The minimum Gasteiger partial charge on any atom is -0.478 e. The highest BCUT2D eigenvalue weighted by atomic mass is 16.5. The number of ether oxygens (including phenoxy) is 1. The summed E-state index contributed by atoms with van der Waals surface area (Å²) in [4.78, 5) is 4.28. The van der Waals surface area contributed by atoms with Gasteiger partial charge in [-0.2, -0.15) is 0 Å². The van der Waals surface area contributed by atoms with Crippen LogP contribution in [0.3, 0.4) is 0 Å². The van der Waals surface area contributed by atoms with Crippen LogP contribution < -0.4 is 4.74 Å². The summed E-state index contributed by atoms with van der Waals surface area (Å²) < 4.78 is 5.61. The Hall–Kier alpha value is -1.57. The van der Waals surface area contributed by atoms with Gasteiger partial charge in [0, 0.05) is 17.6 Å². The van der Waals surface area contributed by atoms with Crippen molar-refractivity contribution in [1.82, 2.24) is 4.98 Å². The highest BCUT2D eigenvalue weighted by molar-refractivity contribution is 5.82.